The first-order chi connectivity index (χ1) is 12.9. The summed E-state index contributed by atoms with van der Waals surface area (Å²) in [6.45, 7) is 1.51. The number of esters is 1. The molecule has 6 heteroatoms. The zero-order valence-electron chi connectivity index (χ0n) is 15.3. The smallest absolute Gasteiger partial charge is 0.335 e. The molecule has 5 nitrogen and oxygen atoms in total. The molecule has 0 aromatic heterocycles. The molecule has 0 amide bonds. The molecule has 0 saturated heterocycles. The van der Waals surface area contributed by atoms with Gasteiger partial charge in [0.25, 0.3) is 0 Å². The second-order valence-corrected chi connectivity index (χ2v) is 7.80. The van der Waals surface area contributed by atoms with Crippen LogP contribution in [0.1, 0.15) is 11.1 Å². The molecule has 0 fully saturated rings. The minimum atomic E-state index is -3.87. The standard InChI is InChI=1S/C21H21NO4S/c1-4-14-22(27(24,25)20-12-10-17(2)11-13-20)16-19(21(23)26-3)15-18-8-6-5-7-9-18/h1,5-13,15H,14,16H2,2-3H3/b19-15-. The number of hydrogen-bond acceptors (Lipinski definition) is 4. The summed E-state index contributed by atoms with van der Waals surface area (Å²) in [7, 11) is -2.62. The summed E-state index contributed by atoms with van der Waals surface area (Å²) in [5, 5.41) is 0. The van der Waals surface area contributed by atoms with E-state index in [2.05, 4.69) is 5.92 Å². The average molecular weight is 383 g/mol. The van der Waals surface area contributed by atoms with Crippen molar-refractivity contribution in [3.05, 3.63) is 71.3 Å². The number of benzene rings is 2. The Labute approximate surface area is 160 Å². The number of methoxy groups -OCH3 is 1. The van der Waals surface area contributed by atoms with Gasteiger partial charge in [-0.2, -0.15) is 4.31 Å². The Morgan fingerprint density at radius 2 is 1.78 bits per heavy atom. The van der Waals surface area contributed by atoms with E-state index in [0.717, 1.165) is 15.4 Å². The van der Waals surface area contributed by atoms with Crippen molar-refractivity contribution in [1.82, 2.24) is 4.31 Å². The van der Waals surface area contributed by atoms with E-state index < -0.39 is 16.0 Å². The van der Waals surface area contributed by atoms with E-state index >= 15 is 0 Å². The molecule has 2 aromatic rings. The fraction of sp³-hybridized carbons (Fsp3) is 0.190. The van der Waals surface area contributed by atoms with Gasteiger partial charge >= 0.3 is 5.97 Å². The number of rotatable bonds is 7. The molecule has 2 rings (SSSR count). The molecule has 0 saturated carbocycles. The fourth-order valence-electron chi connectivity index (χ4n) is 2.43. The zero-order valence-corrected chi connectivity index (χ0v) is 16.1. The number of aryl methyl sites for hydroxylation is 1. The van der Waals surface area contributed by atoms with Crippen LogP contribution in [0, 0.1) is 19.3 Å². The summed E-state index contributed by atoms with van der Waals surface area (Å²) < 4.78 is 31.9. The second-order valence-electron chi connectivity index (χ2n) is 5.86. The highest BCUT2D eigenvalue weighted by Crippen LogP contribution is 2.19. The maximum absolute atomic E-state index is 13.0. The Morgan fingerprint density at radius 3 is 2.33 bits per heavy atom. The van der Waals surface area contributed by atoms with Crippen molar-refractivity contribution in [1.29, 1.82) is 0 Å². The lowest BCUT2D eigenvalue weighted by Crippen LogP contribution is -2.34. The van der Waals surface area contributed by atoms with Gasteiger partial charge in [-0.25, -0.2) is 13.2 Å². The average Bonchev–Trinajstić information content (AvgIpc) is 2.67. The van der Waals surface area contributed by atoms with Gasteiger partial charge in [-0.05, 0) is 30.7 Å². The maximum atomic E-state index is 13.0. The van der Waals surface area contributed by atoms with Crippen LogP contribution >= 0.6 is 0 Å². The van der Waals surface area contributed by atoms with Crippen LogP contribution in [0.3, 0.4) is 0 Å². The van der Waals surface area contributed by atoms with E-state index in [1.54, 1.807) is 18.2 Å². The first-order valence-electron chi connectivity index (χ1n) is 8.22. The number of hydrogen-bond donors (Lipinski definition) is 0. The number of terminal acetylenes is 1. The van der Waals surface area contributed by atoms with Gasteiger partial charge in [-0.15, -0.1) is 6.42 Å². The van der Waals surface area contributed by atoms with Crippen LogP contribution in [0.2, 0.25) is 0 Å². The van der Waals surface area contributed by atoms with Crippen molar-refractivity contribution >= 4 is 22.1 Å². The molecule has 0 aliphatic heterocycles. The van der Waals surface area contributed by atoms with Crippen molar-refractivity contribution in [2.24, 2.45) is 0 Å². The van der Waals surface area contributed by atoms with Gasteiger partial charge in [-0.1, -0.05) is 53.9 Å². The minimum absolute atomic E-state index is 0.118. The second kappa shape index (κ2) is 9.17. The number of carbonyl (C=O) groups excluding carboxylic acids is 1. The van der Waals surface area contributed by atoms with Crippen LogP contribution in [0.25, 0.3) is 6.08 Å². The Kier molecular flexibility index (Phi) is 6.94. The van der Waals surface area contributed by atoms with E-state index in [-0.39, 0.29) is 23.6 Å². The third-order valence-electron chi connectivity index (χ3n) is 3.86. The van der Waals surface area contributed by atoms with Gasteiger partial charge in [0.15, 0.2) is 0 Å². The summed E-state index contributed by atoms with van der Waals surface area (Å²) in [5.74, 6) is 1.74. The topological polar surface area (TPSA) is 63.7 Å². The summed E-state index contributed by atoms with van der Waals surface area (Å²) in [6.07, 6.45) is 6.97. The lowest BCUT2D eigenvalue weighted by Gasteiger charge is -2.21. The van der Waals surface area contributed by atoms with Gasteiger partial charge in [0.1, 0.15) is 0 Å². The molecule has 0 radical (unpaired) electrons. The molecule has 2 aromatic carbocycles. The maximum Gasteiger partial charge on any atom is 0.335 e. The van der Waals surface area contributed by atoms with E-state index in [1.165, 1.54) is 19.2 Å². The Bertz CT molecular complexity index is 955. The fourth-order valence-corrected chi connectivity index (χ4v) is 3.76. The SMILES string of the molecule is C#CCN(C/C(=C/c1ccccc1)C(=O)OC)S(=O)(=O)c1ccc(C)cc1. The molecule has 27 heavy (non-hydrogen) atoms. The largest absolute Gasteiger partial charge is 0.466 e. The molecular weight excluding hydrogens is 362 g/mol. The Balaban J connectivity index is 2.42. The van der Waals surface area contributed by atoms with Crippen LogP contribution in [0.4, 0.5) is 0 Å². The third-order valence-corrected chi connectivity index (χ3v) is 5.67. The van der Waals surface area contributed by atoms with E-state index in [9.17, 15) is 13.2 Å². The van der Waals surface area contributed by atoms with Crippen molar-refractivity contribution < 1.29 is 17.9 Å². The van der Waals surface area contributed by atoms with Gasteiger partial charge in [0.05, 0.1) is 24.1 Å². The molecule has 0 spiro atoms. The summed E-state index contributed by atoms with van der Waals surface area (Å²) in [4.78, 5) is 12.3. The normalized spacial score (nSPS) is 11.9. The zero-order chi connectivity index (χ0) is 19.9. The molecule has 0 N–H and O–H groups in total. The molecule has 0 aliphatic carbocycles. The molecule has 0 unspecified atom stereocenters. The highest BCUT2D eigenvalue weighted by Gasteiger charge is 2.26. The first-order valence-corrected chi connectivity index (χ1v) is 9.66. The Hall–Kier alpha value is -2.88. The van der Waals surface area contributed by atoms with Gasteiger partial charge in [0.2, 0.25) is 10.0 Å². The van der Waals surface area contributed by atoms with E-state index in [4.69, 9.17) is 11.2 Å². The van der Waals surface area contributed by atoms with Crippen LogP contribution < -0.4 is 0 Å². The number of carbonyl (C=O) groups is 1. The lowest BCUT2D eigenvalue weighted by molar-refractivity contribution is -0.136. The Morgan fingerprint density at radius 1 is 1.15 bits per heavy atom. The summed E-state index contributed by atoms with van der Waals surface area (Å²) in [6, 6.07) is 15.6. The summed E-state index contributed by atoms with van der Waals surface area (Å²) in [5.41, 5.74) is 1.89. The quantitative estimate of drug-likeness (QED) is 0.419. The van der Waals surface area contributed by atoms with Crippen LogP contribution in [-0.2, 0) is 19.6 Å². The van der Waals surface area contributed by atoms with Gasteiger partial charge in [-0.3, -0.25) is 0 Å². The highest BCUT2D eigenvalue weighted by molar-refractivity contribution is 7.89. The third kappa shape index (κ3) is 5.30. The highest BCUT2D eigenvalue weighted by atomic mass is 32.2. The van der Waals surface area contributed by atoms with Crippen molar-refractivity contribution in [2.45, 2.75) is 11.8 Å². The number of sulfonamides is 1. The van der Waals surface area contributed by atoms with Gasteiger partial charge < -0.3 is 4.74 Å². The van der Waals surface area contributed by atoms with Crippen LogP contribution in [0.15, 0.2) is 65.1 Å². The molecule has 0 atom stereocenters. The molecule has 140 valence electrons. The van der Waals surface area contributed by atoms with E-state index in [0.29, 0.717) is 0 Å². The predicted molar refractivity (Wildman–Crippen MR) is 105 cm³/mol. The van der Waals surface area contributed by atoms with Crippen LogP contribution in [0.5, 0.6) is 0 Å². The number of ether oxygens (including phenoxy) is 1. The molecule has 0 heterocycles. The van der Waals surface area contributed by atoms with Gasteiger partial charge in [0, 0.05) is 6.54 Å². The van der Waals surface area contributed by atoms with E-state index in [1.807, 2.05) is 37.3 Å². The molecular formula is C21H21NO4S. The van der Waals surface area contributed by atoms with Crippen LogP contribution in [-0.4, -0.2) is 38.9 Å². The molecule has 0 aliphatic rings. The monoisotopic (exact) mass is 383 g/mol. The van der Waals surface area contributed by atoms with Crippen molar-refractivity contribution in [3.63, 3.8) is 0 Å². The van der Waals surface area contributed by atoms with Crippen molar-refractivity contribution in [2.75, 3.05) is 20.2 Å². The lowest BCUT2D eigenvalue weighted by atomic mass is 10.1. The van der Waals surface area contributed by atoms with Crippen molar-refractivity contribution in [3.8, 4) is 12.3 Å². The first kappa shape index (κ1) is 20.4. The minimum Gasteiger partial charge on any atom is -0.466 e. The predicted octanol–water partition coefficient (Wildman–Crippen LogP) is 2.88. The molecule has 0 bridgehead atoms. The number of nitrogens with zero attached hydrogens (tertiary/aromatic N) is 1. The summed E-state index contributed by atoms with van der Waals surface area (Å²) >= 11 is 0.